The molecule has 102 valence electrons. The Hall–Kier alpha value is -1.87. The molecule has 0 bridgehead atoms. The highest BCUT2D eigenvalue weighted by Gasteiger charge is 2.19. The van der Waals surface area contributed by atoms with Crippen LogP contribution in [0.4, 0.5) is 0 Å². The summed E-state index contributed by atoms with van der Waals surface area (Å²) in [6, 6.07) is 9.32. The Morgan fingerprint density at radius 2 is 2.20 bits per heavy atom. The third-order valence-corrected chi connectivity index (χ3v) is 3.54. The van der Waals surface area contributed by atoms with Crippen molar-refractivity contribution < 1.29 is 9.53 Å². The van der Waals surface area contributed by atoms with Gasteiger partial charge < -0.3 is 4.74 Å². The fraction of sp³-hybridized carbons (Fsp3) is 0.250. The fourth-order valence-electron chi connectivity index (χ4n) is 2.46. The van der Waals surface area contributed by atoms with E-state index in [-0.39, 0.29) is 5.78 Å². The first-order chi connectivity index (χ1) is 9.72. The zero-order valence-electron chi connectivity index (χ0n) is 10.9. The van der Waals surface area contributed by atoms with Gasteiger partial charge in [0.25, 0.3) is 0 Å². The van der Waals surface area contributed by atoms with E-state index < -0.39 is 0 Å². The quantitative estimate of drug-likeness (QED) is 0.868. The molecular weight excluding hydrogens is 274 g/mol. The van der Waals surface area contributed by atoms with Crippen molar-refractivity contribution in [3.8, 4) is 5.75 Å². The summed E-state index contributed by atoms with van der Waals surface area (Å²) in [4.78, 5) is 16.3. The fourth-order valence-corrected chi connectivity index (χ4v) is 2.72. The van der Waals surface area contributed by atoms with Crippen LogP contribution in [-0.2, 0) is 24.1 Å². The molecule has 1 aromatic heterocycles. The normalized spacial score (nSPS) is 12.8. The van der Waals surface area contributed by atoms with E-state index in [1.54, 1.807) is 6.20 Å². The van der Waals surface area contributed by atoms with E-state index in [4.69, 9.17) is 16.3 Å². The minimum atomic E-state index is 0.115. The Kier molecular flexibility index (Phi) is 3.70. The maximum Gasteiger partial charge on any atom is 0.143 e. The SMILES string of the molecule is O=C(Cc1ccccn1)Cc1cc(Cl)cc2c1OCC2. The molecule has 4 heteroatoms. The minimum Gasteiger partial charge on any atom is -0.493 e. The van der Waals surface area contributed by atoms with E-state index in [0.29, 0.717) is 24.5 Å². The highest BCUT2D eigenvalue weighted by atomic mass is 35.5. The van der Waals surface area contributed by atoms with Crippen molar-refractivity contribution in [3.63, 3.8) is 0 Å². The van der Waals surface area contributed by atoms with Crippen molar-refractivity contribution in [3.05, 3.63) is 58.4 Å². The average molecular weight is 288 g/mol. The molecule has 0 N–H and O–H groups in total. The van der Waals surface area contributed by atoms with Crippen LogP contribution in [0.2, 0.25) is 5.02 Å². The first kappa shape index (κ1) is 13.1. The van der Waals surface area contributed by atoms with Crippen molar-refractivity contribution in [2.75, 3.05) is 6.61 Å². The molecule has 0 aliphatic carbocycles. The Morgan fingerprint density at radius 1 is 1.30 bits per heavy atom. The molecule has 0 saturated heterocycles. The monoisotopic (exact) mass is 287 g/mol. The molecule has 1 aliphatic rings. The van der Waals surface area contributed by atoms with Gasteiger partial charge in [0.05, 0.1) is 6.61 Å². The standard InChI is InChI=1S/C16H14ClNO2/c17-13-7-11-4-6-20-16(11)12(8-13)9-15(19)10-14-3-1-2-5-18-14/h1-3,5,7-8H,4,6,9-10H2. The van der Waals surface area contributed by atoms with Crippen LogP contribution >= 0.6 is 11.6 Å². The van der Waals surface area contributed by atoms with Crippen molar-refractivity contribution in [1.82, 2.24) is 4.98 Å². The largest absolute Gasteiger partial charge is 0.493 e. The van der Waals surface area contributed by atoms with Crippen molar-refractivity contribution in [2.45, 2.75) is 19.3 Å². The second kappa shape index (κ2) is 5.63. The van der Waals surface area contributed by atoms with Crippen LogP contribution in [0.25, 0.3) is 0 Å². The number of ether oxygens (including phenoxy) is 1. The van der Waals surface area contributed by atoms with Gasteiger partial charge in [0.15, 0.2) is 0 Å². The van der Waals surface area contributed by atoms with E-state index in [1.807, 2.05) is 30.3 Å². The summed E-state index contributed by atoms with van der Waals surface area (Å²) < 4.78 is 5.61. The topological polar surface area (TPSA) is 39.2 Å². The van der Waals surface area contributed by atoms with E-state index in [2.05, 4.69) is 4.98 Å². The molecule has 0 radical (unpaired) electrons. The second-order valence-corrected chi connectivity index (χ2v) is 5.30. The Labute approximate surface area is 122 Å². The second-order valence-electron chi connectivity index (χ2n) is 4.86. The van der Waals surface area contributed by atoms with Gasteiger partial charge >= 0.3 is 0 Å². The number of halogens is 1. The Balaban J connectivity index is 1.77. The van der Waals surface area contributed by atoms with Crippen LogP contribution in [0.15, 0.2) is 36.5 Å². The zero-order valence-corrected chi connectivity index (χ0v) is 11.7. The summed E-state index contributed by atoms with van der Waals surface area (Å²) in [5.41, 5.74) is 2.76. The summed E-state index contributed by atoms with van der Waals surface area (Å²) >= 11 is 6.09. The maximum absolute atomic E-state index is 12.2. The van der Waals surface area contributed by atoms with Crippen LogP contribution < -0.4 is 4.74 Å². The van der Waals surface area contributed by atoms with Crippen LogP contribution in [-0.4, -0.2) is 17.4 Å². The summed E-state index contributed by atoms with van der Waals surface area (Å²) in [6.45, 7) is 0.664. The van der Waals surface area contributed by atoms with Crippen molar-refractivity contribution in [2.24, 2.45) is 0 Å². The number of fused-ring (bicyclic) bond motifs is 1. The number of benzene rings is 1. The minimum absolute atomic E-state index is 0.115. The number of Topliss-reactive ketones (excluding diaryl/α,β-unsaturated/α-hetero) is 1. The number of pyridine rings is 1. The van der Waals surface area contributed by atoms with E-state index >= 15 is 0 Å². The van der Waals surface area contributed by atoms with Gasteiger partial charge in [-0.15, -0.1) is 0 Å². The number of carbonyl (C=O) groups is 1. The van der Waals surface area contributed by atoms with Gasteiger partial charge in [-0.2, -0.15) is 0 Å². The lowest BCUT2D eigenvalue weighted by Gasteiger charge is -2.08. The lowest BCUT2D eigenvalue weighted by atomic mass is 10.0. The molecule has 20 heavy (non-hydrogen) atoms. The molecule has 0 amide bonds. The number of carbonyl (C=O) groups excluding carboxylic acids is 1. The molecule has 3 rings (SSSR count). The molecule has 0 atom stereocenters. The Bertz CT molecular complexity index is 640. The van der Waals surface area contributed by atoms with Crippen LogP contribution in [0, 0.1) is 0 Å². The summed E-state index contributed by atoms with van der Waals surface area (Å²) in [5, 5.41) is 0.662. The number of hydrogen-bond acceptors (Lipinski definition) is 3. The molecule has 2 aromatic rings. The molecule has 0 fully saturated rings. The van der Waals surface area contributed by atoms with Gasteiger partial charge in [-0.25, -0.2) is 0 Å². The Morgan fingerprint density at radius 3 is 3.00 bits per heavy atom. The van der Waals surface area contributed by atoms with Gasteiger partial charge in [0.2, 0.25) is 0 Å². The first-order valence-electron chi connectivity index (χ1n) is 6.58. The van der Waals surface area contributed by atoms with E-state index in [1.165, 1.54) is 0 Å². The number of rotatable bonds is 4. The van der Waals surface area contributed by atoms with Gasteiger partial charge in [0, 0.05) is 41.7 Å². The highest BCUT2D eigenvalue weighted by Crippen LogP contribution is 2.33. The molecule has 0 unspecified atom stereocenters. The first-order valence-corrected chi connectivity index (χ1v) is 6.96. The van der Waals surface area contributed by atoms with Gasteiger partial charge in [-0.1, -0.05) is 17.7 Å². The molecule has 1 aromatic carbocycles. The molecule has 2 heterocycles. The number of nitrogens with zero attached hydrogens (tertiary/aromatic N) is 1. The number of ketones is 1. The average Bonchev–Trinajstić information content (AvgIpc) is 2.88. The van der Waals surface area contributed by atoms with Crippen LogP contribution in [0.3, 0.4) is 0 Å². The summed E-state index contributed by atoms with van der Waals surface area (Å²) in [6.07, 6.45) is 3.22. The van der Waals surface area contributed by atoms with E-state index in [9.17, 15) is 4.79 Å². The predicted octanol–water partition coefficient (Wildman–Crippen LogP) is 3.02. The summed E-state index contributed by atoms with van der Waals surface area (Å²) in [5.74, 6) is 0.951. The highest BCUT2D eigenvalue weighted by molar-refractivity contribution is 6.30. The van der Waals surface area contributed by atoms with Gasteiger partial charge in [-0.05, 0) is 29.8 Å². The van der Waals surface area contributed by atoms with Gasteiger partial charge in [-0.3, -0.25) is 9.78 Å². The molecule has 1 aliphatic heterocycles. The van der Waals surface area contributed by atoms with Crippen LogP contribution in [0.5, 0.6) is 5.75 Å². The smallest absolute Gasteiger partial charge is 0.143 e. The molecule has 0 saturated carbocycles. The zero-order chi connectivity index (χ0) is 13.9. The van der Waals surface area contributed by atoms with Gasteiger partial charge in [0.1, 0.15) is 11.5 Å². The third-order valence-electron chi connectivity index (χ3n) is 3.32. The van der Waals surface area contributed by atoms with Crippen molar-refractivity contribution >= 4 is 17.4 Å². The lowest BCUT2D eigenvalue weighted by molar-refractivity contribution is -0.117. The summed E-state index contributed by atoms with van der Waals surface area (Å²) in [7, 11) is 0. The molecule has 0 spiro atoms. The molecular formula is C16H14ClNO2. The predicted molar refractivity (Wildman–Crippen MR) is 77.3 cm³/mol. The number of hydrogen-bond donors (Lipinski definition) is 0. The van der Waals surface area contributed by atoms with Crippen molar-refractivity contribution in [1.29, 1.82) is 0 Å². The third kappa shape index (κ3) is 2.83. The maximum atomic E-state index is 12.2. The van der Waals surface area contributed by atoms with E-state index in [0.717, 1.165) is 29.0 Å². The van der Waals surface area contributed by atoms with Crippen LogP contribution in [0.1, 0.15) is 16.8 Å². The number of aromatic nitrogens is 1. The molecule has 3 nitrogen and oxygen atoms in total. The lowest BCUT2D eigenvalue weighted by Crippen LogP contribution is -2.08.